The Morgan fingerprint density at radius 3 is 2.43 bits per heavy atom. The second-order valence-corrected chi connectivity index (χ2v) is 13.5. The molecule has 6 rings (SSSR count). The number of anilines is 1. The summed E-state index contributed by atoms with van der Waals surface area (Å²) in [5.74, 6) is 1.17. The van der Waals surface area contributed by atoms with E-state index in [4.69, 9.17) is 5.41 Å². The van der Waals surface area contributed by atoms with Crippen molar-refractivity contribution < 1.29 is 19.3 Å². The average Bonchev–Trinajstić information content (AvgIpc) is 3.41. The minimum Gasteiger partial charge on any atom is -0.481 e. The van der Waals surface area contributed by atoms with Crippen molar-refractivity contribution in [2.45, 2.75) is 64.7 Å². The van der Waals surface area contributed by atoms with Crippen molar-refractivity contribution in [2.75, 3.05) is 18.0 Å². The predicted molar refractivity (Wildman–Crippen MR) is 186 cm³/mol. The lowest BCUT2D eigenvalue weighted by Gasteiger charge is -2.30. The van der Waals surface area contributed by atoms with Crippen LogP contribution in [0.1, 0.15) is 65.0 Å². The number of carboxylic acids is 1. The molecule has 0 unspecified atom stereocenters. The van der Waals surface area contributed by atoms with E-state index in [2.05, 4.69) is 81.5 Å². The highest BCUT2D eigenvalue weighted by Gasteiger charge is 2.48. The lowest BCUT2D eigenvalue weighted by Crippen LogP contribution is -2.33. The topological polar surface area (TPSA) is 108 Å². The largest absolute Gasteiger partial charge is 0.481 e. The molecule has 0 radical (unpaired) electrons. The summed E-state index contributed by atoms with van der Waals surface area (Å²) in [5.41, 5.74) is 6.18. The van der Waals surface area contributed by atoms with Crippen molar-refractivity contribution in [3.63, 3.8) is 0 Å². The number of fused-ring (bicyclic) bond motifs is 4. The molecular formula is C40H39N4O3+. The zero-order chi connectivity index (χ0) is 33.7. The molecule has 0 spiro atoms. The summed E-state index contributed by atoms with van der Waals surface area (Å²) in [5, 5.41) is 29.9. The SMILES string of the molecule is CCCC[N+]1=C(/C=C2\C(=O)C(/C=C3\N(CCC(=O)O)c4ccccc4C3(C)C)=C2C(=C=N)C#N)C(C)(C)c2ccc3ccccc3c21. The summed E-state index contributed by atoms with van der Waals surface area (Å²) in [6, 6.07) is 22.7. The highest BCUT2D eigenvalue weighted by atomic mass is 16.4. The number of hydrogen-bond acceptors (Lipinski definition) is 5. The highest BCUT2D eigenvalue weighted by Crippen LogP contribution is 2.50. The van der Waals surface area contributed by atoms with E-state index in [0.717, 1.165) is 58.5 Å². The number of nitrogens with one attached hydrogen (secondary N) is 1. The molecule has 7 heteroatoms. The monoisotopic (exact) mass is 623 g/mol. The number of para-hydroxylation sites is 1. The van der Waals surface area contributed by atoms with E-state index in [1.165, 1.54) is 5.56 Å². The summed E-state index contributed by atoms with van der Waals surface area (Å²) in [4.78, 5) is 27.8. The molecule has 2 aliphatic heterocycles. The zero-order valence-electron chi connectivity index (χ0n) is 27.6. The first-order valence-corrected chi connectivity index (χ1v) is 16.2. The van der Waals surface area contributed by atoms with Crippen LogP contribution in [0, 0.1) is 16.7 Å². The number of Topliss-reactive ketones (excluding diaryl/α,β-unsaturated/α-hetero) is 1. The van der Waals surface area contributed by atoms with E-state index in [1.54, 1.807) is 6.08 Å². The molecule has 2 N–H and O–H groups in total. The van der Waals surface area contributed by atoms with Crippen LogP contribution in [0.25, 0.3) is 10.8 Å². The Kier molecular flexibility index (Phi) is 7.95. The van der Waals surface area contributed by atoms with Crippen LogP contribution >= 0.6 is 0 Å². The van der Waals surface area contributed by atoms with E-state index in [1.807, 2.05) is 41.3 Å². The molecule has 1 aliphatic carbocycles. The van der Waals surface area contributed by atoms with Crippen molar-refractivity contribution in [3.05, 3.63) is 112 Å². The quantitative estimate of drug-likeness (QED) is 0.110. The molecule has 0 fully saturated rings. The van der Waals surface area contributed by atoms with Gasteiger partial charge in [-0.1, -0.05) is 75.7 Å². The van der Waals surface area contributed by atoms with Crippen LogP contribution in [0.15, 0.2) is 101 Å². The number of unbranched alkanes of at least 4 members (excludes halogenated alkanes) is 1. The van der Waals surface area contributed by atoms with Crippen molar-refractivity contribution in [1.29, 1.82) is 10.7 Å². The van der Waals surface area contributed by atoms with Gasteiger partial charge in [0.1, 0.15) is 18.2 Å². The molecule has 2 heterocycles. The van der Waals surface area contributed by atoms with E-state index in [0.29, 0.717) is 16.7 Å². The predicted octanol–water partition coefficient (Wildman–Crippen LogP) is 7.68. The van der Waals surface area contributed by atoms with Crippen LogP contribution in [0.3, 0.4) is 0 Å². The van der Waals surface area contributed by atoms with Gasteiger partial charge in [0.2, 0.25) is 5.69 Å². The number of carboxylic acid groups (broad SMARTS) is 1. The summed E-state index contributed by atoms with van der Waals surface area (Å²) in [6.07, 6.45) is 5.62. The molecule has 3 aromatic rings. The first kappa shape index (κ1) is 31.7. The number of hydrogen-bond donors (Lipinski definition) is 2. The number of nitriles is 1. The maximum atomic E-state index is 14.2. The molecule has 7 nitrogen and oxygen atoms in total. The Morgan fingerprint density at radius 2 is 1.72 bits per heavy atom. The summed E-state index contributed by atoms with van der Waals surface area (Å²) < 4.78 is 2.33. The summed E-state index contributed by atoms with van der Waals surface area (Å²) in [6.45, 7) is 11.6. The Morgan fingerprint density at radius 1 is 1.00 bits per heavy atom. The van der Waals surface area contributed by atoms with Gasteiger partial charge in [-0.25, -0.2) is 0 Å². The summed E-state index contributed by atoms with van der Waals surface area (Å²) >= 11 is 0. The van der Waals surface area contributed by atoms with E-state index in [9.17, 15) is 20.0 Å². The van der Waals surface area contributed by atoms with Crippen LogP contribution in [0.2, 0.25) is 0 Å². The standard InChI is InChI=1S/C40H38N4O3/c1-6-7-19-44-34(40(4,5)31-17-16-25-12-8-9-13-27(25)37(31)44)22-29-36(26(23-41)24-42)28(38(29)47)21-33-39(2,3)30-14-10-11-15-32(30)43(33)20-18-35(45)46/h8-17,21-22,41H,6-7,18-20H2,1-5H3/p+1. The van der Waals surface area contributed by atoms with Crippen LogP contribution < -0.4 is 4.90 Å². The minimum absolute atomic E-state index is 0.00687. The van der Waals surface area contributed by atoms with Gasteiger partial charge in [0, 0.05) is 58.1 Å². The van der Waals surface area contributed by atoms with Gasteiger partial charge in [-0.2, -0.15) is 9.84 Å². The fourth-order valence-electron chi connectivity index (χ4n) is 7.42. The normalized spacial score (nSPS) is 19.1. The second kappa shape index (κ2) is 11.8. The van der Waals surface area contributed by atoms with Crippen LogP contribution in [-0.2, 0) is 20.4 Å². The second-order valence-electron chi connectivity index (χ2n) is 13.5. The van der Waals surface area contributed by atoms with Crippen LogP contribution in [0.4, 0.5) is 11.4 Å². The Labute approximate surface area is 275 Å². The number of allylic oxidation sites excluding steroid dienone is 7. The molecule has 47 heavy (non-hydrogen) atoms. The number of nitrogens with zero attached hydrogens (tertiary/aromatic N) is 3. The first-order valence-electron chi connectivity index (χ1n) is 16.2. The Hall–Kier alpha value is -5.31. The molecule has 0 saturated carbocycles. The van der Waals surface area contributed by atoms with Crippen LogP contribution in [0.5, 0.6) is 0 Å². The number of carbonyl (C=O) groups is 2. The molecule has 0 saturated heterocycles. The van der Waals surface area contributed by atoms with Gasteiger partial charge in [-0.05, 0) is 48.9 Å². The van der Waals surface area contributed by atoms with Gasteiger partial charge in [0.15, 0.2) is 11.5 Å². The smallest absolute Gasteiger partial charge is 0.305 e. The van der Waals surface area contributed by atoms with Gasteiger partial charge >= 0.3 is 5.97 Å². The van der Waals surface area contributed by atoms with Gasteiger partial charge in [0.25, 0.3) is 0 Å². The van der Waals surface area contributed by atoms with Crippen molar-refractivity contribution in [3.8, 4) is 6.07 Å². The van der Waals surface area contributed by atoms with E-state index >= 15 is 0 Å². The first-order chi connectivity index (χ1) is 22.5. The molecule has 236 valence electrons. The maximum absolute atomic E-state index is 14.2. The third-order valence-corrected chi connectivity index (χ3v) is 9.94. The molecule has 0 amide bonds. The zero-order valence-corrected chi connectivity index (χ0v) is 27.6. The number of ketones is 1. The molecule has 0 atom stereocenters. The number of rotatable bonds is 9. The van der Waals surface area contributed by atoms with Crippen molar-refractivity contribution in [1.82, 2.24) is 0 Å². The lowest BCUT2D eigenvalue weighted by atomic mass is 9.73. The summed E-state index contributed by atoms with van der Waals surface area (Å²) in [7, 11) is 0. The van der Waals surface area contributed by atoms with Crippen molar-refractivity contribution in [2.24, 2.45) is 0 Å². The van der Waals surface area contributed by atoms with Crippen molar-refractivity contribution >= 4 is 45.5 Å². The molecule has 0 aromatic heterocycles. The molecular weight excluding hydrogens is 584 g/mol. The third kappa shape index (κ3) is 4.97. The molecule has 3 aromatic carbocycles. The third-order valence-electron chi connectivity index (χ3n) is 9.94. The fraction of sp³-hybridized carbons (Fsp3) is 0.300. The molecule has 0 bridgehead atoms. The van der Waals surface area contributed by atoms with Crippen LogP contribution in [-0.4, -0.2) is 46.1 Å². The lowest BCUT2D eigenvalue weighted by molar-refractivity contribution is -0.436. The van der Waals surface area contributed by atoms with Gasteiger partial charge in [0.05, 0.1) is 17.2 Å². The maximum Gasteiger partial charge on any atom is 0.305 e. The number of carbonyl (C=O) groups excluding carboxylic acids is 1. The number of benzene rings is 3. The fourth-order valence-corrected chi connectivity index (χ4v) is 7.42. The average molecular weight is 624 g/mol. The van der Waals surface area contributed by atoms with E-state index in [-0.39, 0.29) is 24.3 Å². The van der Waals surface area contributed by atoms with Gasteiger partial charge in [-0.3, -0.25) is 15.0 Å². The Balaban J connectivity index is 1.56. The Bertz CT molecular complexity index is 2090. The van der Waals surface area contributed by atoms with Gasteiger partial charge < -0.3 is 10.0 Å². The minimum atomic E-state index is -0.910. The number of aliphatic carboxylic acids is 1. The van der Waals surface area contributed by atoms with Gasteiger partial charge in [-0.15, -0.1) is 0 Å². The van der Waals surface area contributed by atoms with E-state index < -0.39 is 16.8 Å². The highest BCUT2D eigenvalue weighted by molar-refractivity contribution is 6.27. The molecule has 3 aliphatic rings.